The van der Waals surface area contributed by atoms with Crippen molar-refractivity contribution in [3.63, 3.8) is 0 Å². The number of nitrogens with zero attached hydrogens (tertiary/aromatic N) is 3. The number of rotatable bonds is 5. The topological polar surface area (TPSA) is 38.7 Å². The van der Waals surface area contributed by atoms with Gasteiger partial charge in [0.2, 0.25) is 0 Å². The Morgan fingerprint density at radius 1 is 0.373 bits per heavy atom. The van der Waals surface area contributed by atoms with Crippen LogP contribution < -0.4 is 0 Å². The van der Waals surface area contributed by atoms with Gasteiger partial charge in [0.05, 0.1) is 27.8 Å². The molecule has 51 heavy (non-hydrogen) atoms. The van der Waals surface area contributed by atoms with Crippen molar-refractivity contribution >= 4 is 21.8 Å². The first kappa shape index (κ1) is 29.2. The molecule has 0 bridgehead atoms. The maximum absolute atomic E-state index is 5.25. The lowest BCUT2D eigenvalue weighted by molar-refractivity contribution is 0.763. The van der Waals surface area contributed by atoms with E-state index in [1.54, 1.807) is 0 Å². The third kappa shape index (κ3) is 4.63. The van der Waals surface area contributed by atoms with E-state index in [9.17, 15) is 0 Å². The molecule has 0 saturated carbocycles. The normalized spacial score (nSPS) is 14.7. The minimum absolute atomic E-state index is 0.464. The zero-order valence-electron chi connectivity index (χ0n) is 27.7. The van der Waals surface area contributed by atoms with Crippen LogP contribution >= 0.6 is 0 Å². The van der Waals surface area contributed by atoms with E-state index >= 15 is 0 Å². The summed E-state index contributed by atoms with van der Waals surface area (Å²) in [6, 6.07) is 62.8. The first-order chi connectivity index (χ1) is 25.3. The molecule has 1 aliphatic carbocycles. The first-order valence-corrected chi connectivity index (χ1v) is 17.3. The van der Waals surface area contributed by atoms with E-state index in [-0.39, 0.29) is 0 Å². The summed E-state index contributed by atoms with van der Waals surface area (Å²) < 4.78 is 0. The molecule has 3 nitrogen and oxygen atoms in total. The second-order valence-corrected chi connectivity index (χ2v) is 13.2. The van der Waals surface area contributed by atoms with Gasteiger partial charge in [-0.25, -0.2) is 9.97 Å². The number of benzene rings is 6. The highest BCUT2D eigenvalue weighted by Gasteiger charge is 2.46. The summed E-state index contributed by atoms with van der Waals surface area (Å²) in [6.45, 7) is 0. The van der Waals surface area contributed by atoms with Gasteiger partial charge in [-0.1, -0.05) is 146 Å². The van der Waals surface area contributed by atoms with Crippen LogP contribution in [0.4, 0.5) is 0 Å². The third-order valence-electron chi connectivity index (χ3n) is 10.4. The largest absolute Gasteiger partial charge is 0.264 e. The van der Waals surface area contributed by atoms with E-state index in [1.807, 2.05) is 36.7 Å². The Labute approximate surface area is 296 Å². The van der Waals surface area contributed by atoms with Gasteiger partial charge in [0, 0.05) is 34.3 Å². The Hall–Kier alpha value is -6.71. The predicted molar refractivity (Wildman–Crippen MR) is 208 cm³/mol. The molecule has 10 rings (SSSR count). The SMILES string of the molecule is c1ccc(-c2ccc3ccc4ccc(-c5cccc(-c6ccc7c(c6)-c6ccccc6C7(c6ccccc6)c6cccnc6)c5)nc4c3n2)cc1. The van der Waals surface area contributed by atoms with Gasteiger partial charge in [-0.05, 0) is 74.8 Å². The summed E-state index contributed by atoms with van der Waals surface area (Å²) in [6.07, 6.45) is 3.87. The summed E-state index contributed by atoms with van der Waals surface area (Å²) in [7, 11) is 0. The van der Waals surface area contributed by atoms with Gasteiger partial charge in [0.1, 0.15) is 0 Å². The number of hydrogen-bond acceptors (Lipinski definition) is 3. The molecule has 3 aromatic heterocycles. The number of hydrogen-bond donors (Lipinski definition) is 0. The average molecular weight is 650 g/mol. The molecule has 1 unspecified atom stereocenters. The van der Waals surface area contributed by atoms with Gasteiger partial charge in [0.15, 0.2) is 0 Å². The van der Waals surface area contributed by atoms with E-state index in [2.05, 4.69) is 157 Å². The second kappa shape index (κ2) is 11.7. The van der Waals surface area contributed by atoms with Crippen LogP contribution in [0.3, 0.4) is 0 Å². The maximum Gasteiger partial charge on any atom is 0.0972 e. The van der Waals surface area contributed by atoms with Crippen LogP contribution in [-0.4, -0.2) is 15.0 Å². The second-order valence-electron chi connectivity index (χ2n) is 13.2. The number of aromatic nitrogens is 3. The molecule has 1 atom stereocenters. The van der Waals surface area contributed by atoms with Gasteiger partial charge in [-0.2, -0.15) is 0 Å². The van der Waals surface area contributed by atoms with Gasteiger partial charge in [0.25, 0.3) is 0 Å². The quantitative estimate of drug-likeness (QED) is 0.174. The molecule has 3 heterocycles. The molecule has 6 aromatic carbocycles. The molecule has 0 aliphatic heterocycles. The zero-order valence-corrected chi connectivity index (χ0v) is 27.7. The van der Waals surface area contributed by atoms with Crippen molar-refractivity contribution in [2.45, 2.75) is 5.41 Å². The molecule has 0 amide bonds. The van der Waals surface area contributed by atoms with Crippen molar-refractivity contribution < 1.29 is 0 Å². The minimum Gasteiger partial charge on any atom is -0.264 e. The maximum atomic E-state index is 5.25. The molecule has 9 aromatic rings. The van der Waals surface area contributed by atoms with Crippen molar-refractivity contribution in [2.75, 3.05) is 0 Å². The summed E-state index contributed by atoms with van der Waals surface area (Å²) in [5, 5.41) is 2.16. The molecule has 0 radical (unpaired) electrons. The molecule has 1 aliphatic rings. The van der Waals surface area contributed by atoms with Crippen LogP contribution in [0.15, 0.2) is 188 Å². The summed E-state index contributed by atoms with van der Waals surface area (Å²) in [5.41, 5.74) is 15.2. The van der Waals surface area contributed by atoms with Gasteiger partial charge >= 0.3 is 0 Å². The fraction of sp³-hybridized carbons (Fsp3) is 0.0208. The molecule has 238 valence electrons. The fourth-order valence-corrected chi connectivity index (χ4v) is 8.08. The minimum atomic E-state index is -0.464. The van der Waals surface area contributed by atoms with Crippen LogP contribution in [-0.2, 0) is 5.41 Å². The molecule has 0 fully saturated rings. The molecule has 0 spiro atoms. The molecular weight excluding hydrogens is 619 g/mol. The summed E-state index contributed by atoms with van der Waals surface area (Å²) >= 11 is 0. The highest BCUT2D eigenvalue weighted by Crippen LogP contribution is 2.56. The van der Waals surface area contributed by atoms with Crippen LogP contribution in [0.25, 0.3) is 66.6 Å². The first-order valence-electron chi connectivity index (χ1n) is 17.3. The summed E-state index contributed by atoms with van der Waals surface area (Å²) in [4.78, 5) is 15.0. The van der Waals surface area contributed by atoms with Crippen molar-refractivity contribution in [2.24, 2.45) is 0 Å². The van der Waals surface area contributed by atoms with Crippen LogP contribution in [0.5, 0.6) is 0 Å². The highest BCUT2D eigenvalue weighted by atomic mass is 14.8. The van der Waals surface area contributed by atoms with E-state index in [1.165, 1.54) is 33.4 Å². The van der Waals surface area contributed by atoms with Crippen LogP contribution in [0.1, 0.15) is 22.3 Å². The zero-order chi connectivity index (χ0) is 33.8. The van der Waals surface area contributed by atoms with Gasteiger partial charge in [-0.3, -0.25) is 4.98 Å². The van der Waals surface area contributed by atoms with Crippen molar-refractivity contribution in [3.8, 4) is 44.8 Å². The Bertz CT molecular complexity index is 2700. The van der Waals surface area contributed by atoms with Gasteiger partial charge < -0.3 is 0 Å². The van der Waals surface area contributed by atoms with E-state index in [0.717, 1.165) is 55.4 Å². The lowest BCUT2D eigenvalue weighted by Crippen LogP contribution is -2.28. The molecule has 3 heteroatoms. The van der Waals surface area contributed by atoms with E-state index < -0.39 is 5.41 Å². The van der Waals surface area contributed by atoms with Crippen LogP contribution in [0, 0.1) is 0 Å². The van der Waals surface area contributed by atoms with Crippen molar-refractivity contribution in [1.82, 2.24) is 15.0 Å². The van der Waals surface area contributed by atoms with Crippen molar-refractivity contribution in [1.29, 1.82) is 0 Å². The molecule has 0 saturated heterocycles. The Balaban J connectivity index is 1.10. The third-order valence-corrected chi connectivity index (χ3v) is 10.4. The lowest BCUT2D eigenvalue weighted by Gasteiger charge is -2.33. The smallest absolute Gasteiger partial charge is 0.0972 e. The standard InChI is InChI=1S/C48H31N3/c1-3-11-32(12-4-1)44-26-23-33-20-21-34-24-27-45(51-47(34)46(33)50-44)37-14-9-13-35(29-37)36-22-25-43-41(30-36)40-18-7-8-19-42(40)48(43,38-15-5-2-6-16-38)39-17-10-28-49-31-39/h1-31H. The van der Waals surface area contributed by atoms with Crippen LogP contribution in [0.2, 0.25) is 0 Å². The fourth-order valence-electron chi connectivity index (χ4n) is 8.08. The predicted octanol–water partition coefficient (Wildman–Crippen LogP) is 11.5. The monoisotopic (exact) mass is 649 g/mol. The molecular formula is C48H31N3. The van der Waals surface area contributed by atoms with E-state index in [4.69, 9.17) is 9.97 Å². The lowest BCUT2D eigenvalue weighted by atomic mass is 9.68. The Morgan fingerprint density at radius 2 is 0.961 bits per heavy atom. The number of pyridine rings is 3. The highest BCUT2D eigenvalue weighted by molar-refractivity contribution is 6.04. The van der Waals surface area contributed by atoms with Gasteiger partial charge in [-0.15, -0.1) is 0 Å². The Morgan fingerprint density at radius 3 is 1.71 bits per heavy atom. The average Bonchev–Trinajstić information content (AvgIpc) is 3.52. The van der Waals surface area contributed by atoms with E-state index in [0.29, 0.717) is 0 Å². The summed E-state index contributed by atoms with van der Waals surface area (Å²) in [5.74, 6) is 0. The molecule has 0 N–H and O–H groups in total. The Kier molecular flexibility index (Phi) is 6.71. The van der Waals surface area contributed by atoms with Crippen molar-refractivity contribution in [3.05, 3.63) is 211 Å². The number of fused-ring (bicyclic) bond motifs is 6.